The molecule has 4 rings (SSSR count). The van der Waals surface area contributed by atoms with Gasteiger partial charge in [0.2, 0.25) is 5.91 Å². The van der Waals surface area contributed by atoms with Gasteiger partial charge in [-0.3, -0.25) is 4.79 Å². The number of nitrogens with one attached hydrogen (secondary N) is 2. The van der Waals surface area contributed by atoms with E-state index in [9.17, 15) is 4.79 Å². The molecule has 7 heteroatoms. The molecule has 0 unspecified atom stereocenters. The first-order valence-electron chi connectivity index (χ1n) is 8.30. The third kappa shape index (κ3) is 4.01. The Bertz CT molecular complexity index is 886. The highest BCUT2D eigenvalue weighted by Gasteiger charge is 2.21. The molecule has 0 spiro atoms. The minimum absolute atomic E-state index is 0. The van der Waals surface area contributed by atoms with Crippen LogP contribution in [-0.4, -0.2) is 27.9 Å². The van der Waals surface area contributed by atoms with E-state index in [0.717, 1.165) is 47.5 Å². The quantitative estimate of drug-likeness (QED) is 0.711. The maximum Gasteiger partial charge on any atom is 0.241 e. The summed E-state index contributed by atoms with van der Waals surface area (Å²) >= 11 is 0. The number of hydrogen-bond acceptors (Lipinski definition) is 3. The van der Waals surface area contributed by atoms with Gasteiger partial charge in [0, 0.05) is 23.6 Å². The molecule has 1 saturated heterocycles. The average Bonchev–Trinajstić information content (AvgIpc) is 3.26. The van der Waals surface area contributed by atoms with Crippen LogP contribution in [0.3, 0.4) is 0 Å². The molecule has 138 valence electrons. The second-order valence-electron chi connectivity index (χ2n) is 6.26. The fraction of sp³-hybridized carbons (Fsp3) is 0.263. The number of rotatable bonds is 3. The van der Waals surface area contributed by atoms with Crippen molar-refractivity contribution in [3.05, 3.63) is 54.4 Å². The highest BCUT2D eigenvalue weighted by molar-refractivity contribution is 5.95. The van der Waals surface area contributed by atoms with Crippen LogP contribution in [0.4, 0.5) is 5.69 Å². The van der Waals surface area contributed by atoms with Crippen LogP contribution in [0.1, 0.15) is 18.4 Å². The Balaban J connectivity index is 0.00000121. The number of fused-ring (bicyclic) bond motifs is 1. The van der Waals surface area contributed by atoms with Gasteiger partial charge in [-0.15, -0.1) is 24.8 Å². The van der Waals surface area contributed by atoms with Crippen LogP contribution in [0.2, 0.25) is 0 Å². The van der Waals surface area contributed by atoms with Crippen LogP contribution < -0.4 is 10.6 Å². The molecule has 1 fully saturated rings. The van der Waals surface area contributed by atoms with Gasteiger partial charge in [0.15, 0.2) is 0 Å². The van der Waals surface area contributed by atoms with E-state index in [1.165, 1.54) is 0 Å². The van der Waals surface area contributed by atoms with Crippen molar-refractivity contribution in [2.45, 2.75) is 25.8 Å². The lowest BCUT2D eigenvalue weighted by atomic mass is 10.1. The Hall–Kier alpha value is -2.08. The van der Waals surface area contributed by atoms with Crippen molar-refractivity contribution in [2.75, 3.05) is 11.9 Å². The molecular formula is C19H22Cl2N4O. The van der Waals surface area contributed by atoms with Gasteiger partial charge in [-0.2, -0.15) is 0 Å². The summed E-state index contributed by atoms with van der Waals surface area (Å²) in [5.74, 6) is 0.0450. The molecule has 26 heavy (non-hydrogen) atoms. The molecule has 0 bridgehead atoms. The number of aryl methyl sites for hydroxylation is 1. The lowest BCUT2D eigenvalue weighted by molar-refractivity contribution is -0.117. The van der Waals surface area contributed by atoms with Crippen molar-refractivity contribution in [1.82, 2.24) is 14.7 Å². The zero-order valence-electron chi connectivity index (χ0n) is 14.4. The van der Waals surface area contributed by atoms with E-state index in [4.69, 9.17) is 4.98 Å². The number of anilines is 1. The Kier molecular flexibility index (Phi) is 6.64. The zero-order chi connectivity index (χ0) is 16.5. The third-order valence-corrected chi connectivity index (χ3v) is 4.50. The molecule has 3 heterocycles. The summed E-state index contributed by atoms with van der Waals surface area (Å²) in [6, 6.07) is 11.9. The summed E-state index contributed by atoms with van der Waals surface area (Å²) in [5, 5.41) is 6.18. The van der Waals surface area contributed by atoms with Crippen molar-refractivity contribution < 1.29 is 4.79 Å². The minimum atomic E-state index is -0.0638. The fourth-order valence-electron chi connectivity index (χ4n) is 3.15. The van der Waals surface area contributed by atoms with Gasteiger partial charge in [-0.1, -0.05) is 18.2 Å². The molecule has 0 aliphatic carbocycles. The largest absolute Gasteiger partial charge is 0.325 e. The number of amides is 1. The maximum atomic E-state index is 12.1. The number of imidazole rings is 1. The number of carbonyl (C=O) groups is 1. The van der Waals surface area contributed by atoms with Crippen molar-refractivity contribution in [3.63, 3.8) is 0 Å². The van der Waals surface area contributed by atoms with Crippen LogP contribution >= 0.6 is 24.8 Å². The molecule has 1 aromatic carbocycles. The molecule has 2 N–H and O–H groups in total. The summed E-state index contributed by atoms with van der Waals surface area (Å²) < 4.78 is 2.03. The summed E-state index contributed by atoms with van der Waals surface area (Å²) in [4.78, 5) is 16.8. The molecule has 3 aromatic rings. The predicted molar refractivity (Wildman–Crippen MR) is 110 cm³/mol. The van der Waals surface area contributed by atoms with Gasteiger partial charge < -0.3 is 15.0 Å². The number of benzene rings is 1. The van der Waals surface area contributed by atoms with Crippen LogP contribution in [0.15, 0.2) is 48.8 Å². The highest BCUT2D eigenvalue weighted by atomic mass is 35.5. The number of nitrogens with zero attached hydrogens (tertiary/aromatic N) is 2. The Morgan fingerprint density at radius 1 is 1.23 bits per heavy atom. The lowest BCUT2D eigenvalue weighted by Crippen LogP contribution is -2.35. The summed E-state index contributed by atoms with van der Waals surface area (Å²) in [7, 11) is 0. The maximum absolute atomic E-state index is 12.1. The number of carbonyl (C=O) groups excluding carboxylic acids is 1. The number of aromatic nitrogens is 2. The van der Waals surface area contributed by atoms with Crippen molar-refractivity contribution >= 4 is 42.1 Å². The summed E-state index contributed by atoms with van der Waals surface area (Å²) in [6.45, 7) is 2.98. The first-order chi connectivity index (χ1) is 11.7. The number of hydrogen-bond donors (Lipinski definition) is 2. The fourth-order valence-corrected chi connectivity index (χ4v) is 3.15. The van der Waals surface area contributed by atoms with Crippen LogP contribution in [0.5, 0.6) is 0 Å². The average molecular weight is 393 g/mol. The summed E-state index contributed by atoms with van der Waals surface area (Å²) in [5.41, 5.74) is 4.90. The highest BCUT2D eigenvalue weighted by Crippen LogP contribution is 2.22. The second-order valence-corrected chi connectivity index (χ2v) is 6.26. The summed E-state index contributed by atoms with van der Waals surface area (Å²) in [6.07, 6.45) is 6.00. The Morgan fingerprint density at radius 3 is 2.65 bits per heavy atom. The van der Waals surface area contributed by atoms with Gasteiger partial charge in [0.05, 0.1) is 11.7 Å². The van der Waals surface area contributed by atoms with E-state index in [2.05, 4.69) is 23.6 Å². The van der Waals surface area contributed by atoms with E-state index in [-0.39, 0.29) is 36.8 Å². The first kappa shape index (κ1) is 20.2. The third-order valence-electron chi connectivity index (χ3n) is 4.50. The van der Waals surface area contributed by atoms with Crippen molar-refractivity contribution in [3.8, 4) is 11.3 Å². The minimum Gasteiger partial charge on any atom is -0.325 e. The van der Waals surface area contributed by atoms with Crippen molar-refractivity contribution in [1.29, 1.82) is 0 Å². The number of pyridine rings is 1. The number of halogens is 2. The molecule has 0 radical (unpaired) electrons. The molecule has 5 nitrogen and oxygen atoms in total. The smallest absolute Gasteiger partial charge is 0.241 e. The molecule has 1 aliphatic heterocycles. The molecule has 0 saturated carbocycles. The Morgan fingerprint density at radius 2 is 2.00 bits per heavy atom. The van der Waals surface area contributed by atoms with Crippen LogP contribution in [0.25, 0.3) is 16.9 Å². The standard InChI is InChI=1S/C19H20N4O.2ClH/c1-13-4-3-11-23-12-17(22-18(13)23)14-6-8-15(9-7-14)21-19(24)16-5-2-10-20-16;;/h3-4,6-9,11-12,16,20H,2,5,10H2,1H3,(H,21,24);2*1H/t16-;;/m0../s1. The van der Waals surface area contributed by atoms with Gasteiger partial charge >= 0.3 is 0 Å². The molecule has 1 amide bonds. The second kappa shape index (κ2) is 8.54. The van der Waals surface area contributed by atoms with E-state index in [1.807, 2.05) is 47.1 Å². The molecule has 2 aromatic heterocycles. The van der Waals surface area contributed by atoms with E-state index in [0.29, 0.717) is 0 Å². The molecular weight excluding hydrogens is 371 g/mol. The molecule has 1 aliphatic rings. The SMILES string of the molecule is Cc1cccn2cc(-c3ccc(NC(=O)[C@@H]4CCCN4)cc3)nc12.Cl.Cl. The van der Waals surface area contributed by atoms with Crippen molar-refractivity contribution in [2.24, 2.45) is 0 Å². The topological polar surface area (TPSA) is 58.4 Å². The van der Waals surface area contributed by atoms with Gasteiger partial charge in [-0.05, 0) is 50.1 Å². The Labute approximate surface area is 165 Å². The van der Waals surface area contributed by atoms with Gasteiger partial charge in [0.1, 0.15) is 5.65 Å². The zero-order valence-corrected chi connectivity index (χ0v) is 16.1. The van der Waals surface area contributed by atoms with E-state index < -0.39 is 0 Å². The first-order valence-corrected chi connectivity index (χ1v) is 8.30. The lowest BCUT2D eigenvalue weighted by Gasteiger charge is -2.11. The normalized spacial score (nSPS) is 16.0. The molecule has 1 atom stereocenters. The predicted octanol–water partition coefficient (Wildman–Crippen LogP) is 3.84. The van der Waals surface area contributed by atoms with Crippen LogP contribution in [-0.2, 0) is 4.79 Å². The van der Waals surface area contributed by atoms with E-state index >= 15 is 0 Å². The van der Waals surface area contributed by atoms with E-state index in [1.54, 1.807) is 0 Å². The van der Waals surface area contributed by atoms with Gasteiger partial charge in [-0.25, -0.2) is 4.98 Å². The van der Waals surface area contributed by atoms with Crippen LogP contribution in [0, 0.1) is 6.92 Å². The monoisotopic (exact) mass is 392 g/mol. The van der Waals surface area contributed by atoms with Gasteiger partial charge in [0.25, 0.3) is 0 Å².